The molecule has 1 amide bonds. The van der Waals surface area contributed by atoms with Crippen molar-refractivity contribution in [3.63, 3.8) is 0 Å². The number of anilines is 2. The lowest BCUT2D eigenvalue weighted by molar-refractivity contribution is -0.105. The van der Waals surface area contributed by atoms with E-state index in [0.29, 0.717) is 17.9 Å². The van der Waals surface area contributed by atoms with Crippen LogP contribution in [0.4, 0.5) is 11.5 Å². The van der Waals surface area contributed by atoms with E-state index in [2.05, 4.69) is 15.7 Å². The van der Waals surface area contributed by atoms with Crippen LogP contribution in [0.1, 0.15) is 0 Å². The van der Waals surface area contributed by atoms with Crippen molar-refractivity contribution in [2.75, 3.05) is 10.7 Å². The molecule has 1 heterocycles. The Morgan fingerprint density at radius 1 is 1.55 bits per heavy atom. The molecule has 4 N–H and O–H groups in total. The monoisotopic (exact) mass is 152 g/mol. The Morgan fingerprint density at radius 3 is 2.82 bits per heavy atom. The standard InChI is InChI=1S/C6H8N4O/c7-10-6-2-1-5(3-8-6)9-4-11/h1-4H,7H2,(H,8,10)(H,9,11). The van der Waals surface area contributed by atoms with E-state index < -0.39 is 0 Å². The van der Waals surface area contributed by atoms with Crippen LogP contribution in [0.25, 0.3) is 0 Å². The number of nitrogens with zero attached hydrogens (tertiary/aromatic N) is 1. The van der Waals surface area contributed by atoms with E-state index in [-0.39, 0.29) is 0 Å². The maximum absolute atomic E-state index is 9.95. The van der Waals surface area contributed by atoms with Gasteiger partial charge < -0.3 is 10.7 Å². The SMILES string of the molecule is NNc1ccc(NC=O)cn1. The maximum Gasteiger partial charge on any atom is 0.211 e. The number of rotatable bonds is 3. The van der Waals surface area contributed by atoms with Gasteiger partial charge >= 0.3 is 0 Å². The molecule has 0 fully saturated rings. The zero-order valence-electron chi connectivity index (χ0n) is 5.74. The van der Waals surface area contributed by atoms with Crippen molar-refractivity contribution in [1.29, 1.82) is 0 Å². The quantitative estimate of drug-likeness (QED) is 0.322. The second kappa shape index (κ2) is 3.52. The van der Waals surface area contributed by atoms with Gasteiger partial charge in [0.15, 0.2) is 0 Å². The second-order valence-electron chi connectivity index (χ2n) is 1.84. The molecule has 0 spiro atoms. The highest BCUT2D eigenvalue weighted by molar-refractivity contribution is 5.70. The first-order valence-corrected chi connectivity index (χ1v) is 2.99. The first kappa shape index (κ1) is 7.49. The first-order valence-electron chi connectivity index (χ1n) is 2.99. The van der Waals surface area contributed by atoms with Crippen LogP contribution in [0.2, 0.25) is 0 Å². The number of aromatic nitrogens is 1. The Balaban J connectivity index is 2.74. The van der Waals surface area contributed by atoms with Gasteiger partial charge in [0.1, 0.15) is 5.82 Å². The van der Waals surface area contributed by atoms with E-state index in [9.17, 15) is 4.79 Å². The molecule has 1 aromatic heterocycles. The van der Waals surface area contributed by atoms with Gasteiger partial charge in [-0.05, 0) is 12.1 Å². The van der Waals surface area contributed by atoms with Crippen molar-refractivity contribution in [2.45, 2.75) is 0 Å². The van der Waals surface area contributed by atoms with Crippen LogP contribution >= 0.6 is 0 Å². The van der Waals surface area contributed by atoms with Crippen molar-refractivity contribution in [3.05, 3.63) is 18.3 Å². The molecule has 11 heavy (non-hydrogen) atoms. The predicted molar refractivity (Wildman–Crippen MR) is 41.7 cm³/mol. The Labute approximate surface area is 63.6 Å². The molecular weight excluding hydrogens is 144 g/mol. The fourth-order valence-corrected chi connectivity index (χ4v) is 0.633. The summed E-state index contributed by atoms with van der Waals surface area (Å²) in [6, 6.07) is 3.35. The van der Waals surface area contributed by atoms with Crippen molar-refractivity contribution >= 4 is 17.9 Å². The Kier molecular flexibility index (Phi) is 2.40. The van der Waals surface area contributed by atoms with Crippen LogP contribution < -0.4 is 16.6 Å². The number of nitrogens with one attached hydrogen (secondary N) is 2. The van der Waals surface area contributed by atoms with E-state index in [1.807, 2.05) is 0 Å². The summed E-state index contributed by atoms with van der Waals surface area (Å²) in [6.45, 7) is 0. The lowest BCUT2D eigenvalue weighted by Gasteiger charge is -1.99. The van der Waals surface area contributed by atoms with Gasteiger partial charge in [0, 0.05) is 0 Å². The van der Waals surface area contributed by atoms with Crippen molar-refractivity contribution in [3.8, 4) is 0 Å². The summed E-state index contributed by atoms with van der Waals surface area (Å²) < 4.78 is 0. The average molecular weight is 152 g/mol. The Bertz CT molecular complexity index is 233. The second-order valence-corrected chi connectivity index (χ2v) is 1.84. The number of hydrogen-bond donors (Lipinski definition) is 3. The summed E-state index contributed by atoms with van der Waals surface area (Å²) in [5.74, 6) is 5.63. The van der Waals surface area contributed by atoms with Crippen LogP contribution in [-0.2, 0) is 4.79 Å². The van der Waals surface area contributed by atoms with Crippen LogP contribution in [0.5, 0.6) is 0 Å². The summed E-state index contributed by atoms with van der Waals surface area (Å²) in [7, 11) is 0. The Morgan fingerprint density at radius 2 is 2.36 bits per heavy atom. The molecule has 0 aliphatic heterocycles. The van der Waals surface area contributed by atoms with Crippen molar-refractivity contribution < 1.29 is 4.79 Å². The highest BCUT2D eigenvalue weighted by Crippen LogP contribution is 2.06. The number of carbonyl (C=O) groups is 1. The molecule has 0 unspecified atom stereocenters. The topological polar surface area (TPSA) is 80.0 Å². The molecule has 0 aliphatic carbocycles. The molecule has 0 aliphatic rings. The molecule has 0 radical (unpaired) electrons. The van der Waals surface area contributed by atoms with Crippen molar-refractivity contribution in [1.82, 2.24) is 4.98 Å². The minimum atomic E-state index is 0.557. The van der Waals surface area contributed by atoms with Crippen LogP contribution in [-0.4, -0.2) is 11.4 Å². The molecule has 1 rings (SSSR count). The molecule has 0 saturated heterocycles. The third kappa shape index (κ3) is 1.91. The summed E-state index contributed by atoms with van der Waals surface area (Å²) in [6.07, 6.45) is 2.09. The molecule has 0 bridgehead atoms. The third-order valence-corrected chi connectivity index (χ3v) is 1.14. The third-order valence-electron chi connectivity index (χ3n) is 1.14. The van der Waals surface area contributed by atoms with Gasteiger partial charge in [-0.15, -0.1) is 0 Å². The number of hydrogen-bond acceptors (Lipinski definition) is 4. The highest BCUT2D eigenvalue weighted by Gasteiger charge is 1.90. The zero-order chi connectivity index (χ0) is 8.10. The summed E-state index contributed by atoms with van der Waals surface area (Å²) in [5, 5.41) is 2.45. The van der Waals surface area contributed by atoms with Gasteiger partial charge in [0.05, 0.1) is 11.9 Å². The lowest BCUT2D eigenvalue weighted by atomic mass is 10.4. The maximum atomic E-state index is 9.95. The molecule has 58 valence electrons. The summed E-state index contributed by atoms with van der Waals surface area (Å²) >= 11 is 0. The highest BCUT2D eigenvalue weighted by atomic mass is 16.1. The molecule has 5 heteroatoms. The molecule has 1 aromatic rings. The smallest absolute Gasteiger partial charge is 0.211 e. The Hall–Kier alpha value is -1.62. The summed E-state index contributed by atoms with van der Waals surface area (Å²) in [4.78, 5) is 13.8. The van der Waals surface area contributed by atoms with Gasteiger partial charge in [0.2, 0.25) is 6.41 Å². The van der Waals surface area contributed by atoms with Crippen molar-refractivity contribution in [2.24, 2.45) is 5.84 Å². The number of amides is 1. The van der Waals surface area contributed by atoms with E-state index >= 15 is 0 Å². The lowest BCUT2D eigenvalue weighted by Crippen LogP contribution is -2.08. The minimum absolute atomic E-state index is 0.557. The van der Waals surface area contributed by atoms with Crippen LogP contribution in [0.15, 0.2) is 18.3 Å². The zero-order valence-corrected chi connectivity index (χ0v) is 5.74. The normalized spacial score (nSPS) is 8.82. The van der Waals surface area contributed by atoms with Crippen LogP contribution in [0, 0.1) is 0 Å². The van der Waals surface area contributed by atoms with E-state index in [0.717, 1.165) is 0 Å². The van der Waals surface area contributed by atoms with E-state index in [1.54, 1.807) is 12.1 Å². The predicted octanol–water partition coefficient (Wildman–Crippen LogP) is -0.0645. The van der Waals surface area contributed by atoms with E-state index in [4.69, 9.17) is 5.84 Å². The van der Waals surface area contributed by atoms with Crippen LogP contribution in [0.3, 0.4) is 0 Å². The fourth-order valence-electron chi connectivity index (χ4n) is 0.633. The molecule has 5 nitrogen and oxygen atoms in total. The fraction of sp³-hybridized carbons (Fsp3) is 0. The largest absolute Gasteiger partial charge is 0.327 e. The molecule has 0 aromatic carbocycles. The number of nitrogens with two attached hydrogens (primary N) is 1. The average Bonchev–Trinajstić information content (AvgIpc) is 2.07. The van der Waals surface area contributed by atoms with Gasteiger partial charge in [0.25, 0.3) is 0 Å². The van der Waals surface area contributed by atoms with Gasteiger partial charge in [-0.2, -0.15) is 0 Å². The first-order chi connectivity index (χ1) is 5.36. The minimum Gasteiger partial charge on any atom is -0.327 e. The van der Waals surface area contributed by atoms with Gasteiger partial charge in [-0.3, -0.25) is 4.79 Å². The number of pyridine rings is 1. The number of nitrogen functional groups attached to an aromatic ring is 1. The number of hydrazine groups is 1. The molecular formula is C6H8N4O. The summed E-state index contributed by atoms with van der Waals surface area (Å²) in [5.41, 5.74) is 3.01. The molecule has 0 saturated carbocycles. The number of carbonyl (C=O) groups excluding carboxylic acids is 1. The van der Waals surface area contributed by atoms with Gasteiger partial charge in [-0.1, -0.05) is 0 Å². The molecule has 0 atom stereocenters. The van der Waals surface area contributed by atoms with E-state index in [1.165, 1.54) is 6.20 Å². The van der Waals surface area contributed by atoms with Gasteiger partial charge in [-0.25, -0.2) is 10.8 Å².